The molecule has 1 rings (SSSR count). The maximum atomic E-state index is 5.52. The average Bonchev–Trinajstić information content (AvgIpc) is 2.33. The molecule has 0 saturated carbocycles. The fourth-order valence-corrected chi connectivity index (χ4v) is 2.45. The average molecular weight is 302 g/mol. The molecule has 1 N–H and O–H groups in total. The quantitative estimate of drug-likeness (QED) is 0.670. The van der Waals surface area contributed by atoms with Crippen LogP contribution in [-0.2, 0) is 11.3 Å². The number of rotatable bonds is 5. The molecule has 0 aliphatic carbocycles. The summed E-state index contributed by atoms with van der Waals surface area (Å²) < 4.78 is 11.7. The molecule has 0 aromatic heterocycles. The van der Waals surface area contributed by atoms with Crippen molar-refractivity contribution in [2.75, 3.05) is 21.0 Å². The standard InChI is InChI=1S/C13H20BrNO2/c1-8-9(2)13(17-5)11(6-15-7-16-4)10(3)12(8)14/h15H,6-7H2,1-5H3. The van der Waals surface area contributed by atoms with Crippen LogP contribution in [-0.4, -0.2) is 21.0 Å². The minimum absolute atomic E-state index is 0.535. The summed E-state index contributed by atoms with van der Waals surface area (Å²) in [5.41, 5.74) is 4.81. The van der Waals surface area contributed by atoms with Crippen LogP contribution in [0.5, 0.6) is 5.75 Å². The van der Waals surface area contributed by atoms with E-state index in [4.69, 9.17) is 9.47 Å². The normalized spacial score (nSPS) is 10.7. The molecule has 96 valence electrons. The third-order valence-corrected chi connectivity index (χ3v) is 4.23. The molecule has 0 aliphatic heterocycles. The molecule has 0 radical (unpaired) electrons. The third-order valence-electron chi connectivity index (χ3n) is 3.04. The maximum Gasteiger partial charge on any atom is 0.126 e. The van der Waals surface area contributed by atoms with Crippen molar-refractivity contribution in [1.29, 1.82) is 0 Å². The van der Waals surface area contributed by atoms with E-state index < -0.39 is 0 Å². The van der Waals surface area contributed by atoms with Crippen LogP contribution in [0.1, 0.15) is 22.3 Å². The molecule has 0 amide bonds. The van der Waals surface area contributed by atoms with E-state index >= 15 is 0 Å². The van der Waals surface area contributed by atoms with E-state index in [2.05, 4.69) is 42.0 Å². The Labute approximate surface area is 112 Å². The Morgan fingerprint density at radius 1 is 1.06 bits per heavy atom. The van der Waals surface area contributed by atoms with E-state index in [-0.39, 0.29) is 0 Å². The van der Waals surface area contributed by atoms with Gasteiger partial charge in [-0.1, -0.05) is 15.9 Å². The maximum absolute atomic E-state index is 5.52. The fourth-order valence-electron chi connectivity index (χ4n) is 1.91. The first-order valence-electron chi connectivity index (χ1n) is 5.56. The van der Waals surface area contributed by atoms with Gasteiger partial charge in [0.15, 0.2) is 0 Å². The Bertz CT molecular complexity index is 405. The predicted octanol–water partition coefficient (Wildman–Crippen LogP) is 3.08. The number of nitrogens with one attached hydrogen (secondary N) is 1. The molecule has 0 spiro atoms. The van der Waals surface area contributed by atoms with Crippen LogP contribution in [0.4, 0.5) is 0 Å². The zero-order valence-corrected chi connectivity index (χ0v) is 12.7. The van der Waals surface area contributed by atoms with Gasteiger partial charge >= 0.3 is 0 Å². The van der Waals surface area contributed by atoms with E-state index in [1.165, 1.54) is 22.3 Å². The number of benzene rings is 1. The van der Waals surface area contributed by atoms with Gasteiger partial charge in [-0.25, -0.2) is 0 Å². The first kappa shape index (κ1) is 14.5. The van der Waals surface area contributed by atoms with Crippen LogP contribution in [0.25, 0.3) is 0 Å². The monoisotopic (exact) mass is 301 g/mol. The van der Waals surface area contributed by atoms with Crippen molar-refractivity contribution in [2.45, 2.75) is 27.3 Å². The van der Waals surface area contributed by atoms with Crippen molar-refractivity contribution in [2.24, 2.45) is 0 Å². The summed E-state index contributed by atoms with van der Waals surface area (Å²) in [5.74, 6) is 0.965. The lowest BCUT2D eigenvalue weighted by atomic mass is 9.99. The molecule has 0 aliphatic rings. The van der Waals surface area contributed by atoms with Crippen LogP contribution in [0.15, 0.2) is 4.47 Å². The second-order valence-corrected chi connectivity index (χ2v) is 4.85. The summed E-state index contributed by atoms with van der Waals surface area (Å²) in [6.07, 6.45) is 0. The zero-order valence-electron chi connectivity index (χ0n) is 11.1. The Kier molecular flexibility index (Phi) is 5.43. The molecular formula is C13H20BrNO2. The second kappa shape index (κ2) is 6.38. The third kappa shape index (κ3) is 3.00. The van der Waals surface area contributed by atoms with Crippen molar-refractivity contribution < 1.29 is 9.47 Å². The molecule has 0 unspecified atom stereocenters. The van der Waals surface area contributed by atoms with Gasteiger partial charge in [-0.15, -0.1) is 0 Å². The van der Waals surface area contributed by atoms with Crippen LogP contribution < -0.4 is 10.1 Å². The number of ether oxygens (including phenoxy) is 2. The molecular weight excluding hydrogens is 282 g/mol. The molecule has 1 aromatic carbocycles. The van der Waals surface area contributed by atoms with Crippen LogP contribution in [0, 0.1) is 20.8 Å². The molecule has 0 heterocycles. The summed E-state index contributed by atoms with van der Waals surface area (Å²) in [6.45, 7) is 7.55. The first-order chi connectivity index (χ1) is 8.04. The van der Waals surface area contributed by atoms with Crippen molar-refractivity contribution >= 4 is 15.9 Å². The fraction of sp³-hybridized carbons (Fsp3) is 0.538. The number of hydrogen-bond donors (Lipinski definition) is 1. The lowest BCUT2D eigenvalue weighted by Gasteiger charge is -2.19. The molecule has 0 saturated heterocycles. The summed E-state index contributed by atoms with van der Waals surface area (Å²) >= 11 is 3.64. The highest BCUT2D eigenvalue weighted by Gasteiger charge is 2.16. The first-order valence-corrected chi connectivity index (χ1v) is 6.35. The highest BCUT2D eigenvalue weighted by molar-refractivity contribution is 9.10. The van der Waals surface area contributed by atoms with Gasteiger partial charge in [0.1, 0.15) is 5.75 Å². The smallest absolute Gasteiger partial charge is 0.126 e. The summed E-state index contributed by atoms with van der Waals surface area (Å²) in [7, 11) is 3.39. The van der Waals surface area contributed by atoms with Gasteiger partial charge in [-0.3, -0.25) is 5.32 Å². The Morgan fingerprint density at radius 3 is 2.24 bits per heavy atom. The van der Waals surface area contributed by atoms with E-state index in [1.807, 2.05) is 0 Å². The van der Waals surface area contributed by atoms with Gasteiger partial charge in [0.05, 0.1) is 13.8 Å². The van der Waals surface area contributed by atoms with Crippen LogP contribution in [0.3, 0.4) is 0 Å². The van der Waals surface area contributed by atoms with Gasteiger partial charge in [0.25, 0.3) is 0 Å². The van der Waals surface area contributed by atoms with Gasteiger partial charge < -0.3 is 9.47 Å². The van der Waals surface area contributed by atoms with Crippen molar-refractivity contribution in [1.82, 2.24) is 5.32 Å². The second-order valence-electron chi connectivity index (χ2n) is 4.06. The zero-order chi connectivity index (χ0) is 13.0. The van der Waals surface area contributed by atoms with E-state index in [1.54, 1.807) is 14.2 Å². The number of hydrogen-bond acceptors (Lipinski definition) is 3. The SMILES string of the molecule is COCNCc1c(C)c(Br)c(C)c(C)c1OC. The number of halogens is 1. The van der Waals surface area contributed by atoms with Crippen molar-refractivity contribution in [3.8, 4) is 5.75 Å². The summed E-state index contributed by atoms with van der Waals surface area (Å²) in [4.78, 5) is 0. The molecule has 3 nitrogen and oxygen atoms in total. The molecule has 0 bridgehead atoms. The molecule has 1 aromatic rings. The highest BCUT2D eigenvalue weighted by Crippen LogP contribution is 2.35. The molecule has 4 heteroatoms. The largest absolute Gasteiger partial charge is 0.496 e. The lowest BCUT2D eigenvalue weighted by Crippen LogP contribution is -2.18. The Hall–Kier alpha value is -0.580. The molecule has 0 atom stereocenters. The summed E-state index contributed by atoms with van der Waals surface area (Å²) in [5, 5.41) is 3.22. The van der Waals surface area contributed by atoms with Crippen molar-refractivity contribution in [3.05, 3.63) is 26.7 Å². The highest BCUT2D eigenvalue weighted by atomic mass is 79.9. The van der Waals surface area contributed by atoms with Crippen LogP contribution >= 0.6 is 15.9 Å². The van der Waals surface area contributed by atoms with Gasteiger partial charge in [0, 0.05) is 23.7 Å². The van der Waals surface area contributed by atoms with Crippen molar-refractivity contribution in [3.63, 3.8) is 0 Å². The van der Waals surface area contributed by atoms with E-state index in [9.17, 15) is 0 Å². The predicted molar refractivity (Wildman–Crippen MR) is 73.6 cm³/mol. The van der Waals surface area contributed by atoms with E-state index in [0.717, 1.165) is 16.8 Å². The Balaban J connectivity index is 3.17. The van der Waals surface area contributed by atoms with Gasteiger partial charge in [0.2, 0.25) is 0 Å². The van der Waals surface area contributed by atoms with E-state index in [0.29, 0.717) is 6.73 Å². The topological polar surface area (TPSA) is 30.5 Å². The molecule has 0 fully saturated rings. The minimum atomic E-state index is 0.535. The van der Waals surface area contributed by atoms with Gasteiger partial charge in [-0.2, -0.15) is 0 Å². The number of methoxy groups -OCH3 is 2. The van der Waals surface area contributed by atoms with Crippen LogP contribution in [0.2, 0.25) is 0 Å². The minimum Gasteiger partial charge on any atom is -0.496 e. The van der Waals surface area contributed by atoms with Gasteiger partial charge in [-0.05, 0) is 37.5 Å². The summed E-state index contributed by atoms with van der Waals surface area (Å²) in [6, 6.07) is 0. The molecule has 17 heavy (non-hydrogen) atoms. The Morgan fingerprint density at radius 2 is 1.71 bits per heavy atom. The lowest BCUT2D eigenvalue weighted by molar-refractivity contribution is 0.174.